The third-order valence-electron chi connectivity index (χ3n) is 4.84. The van der Waals surface area contributed by atoms with Gasteiger partial charge in [0.05, 0.1) is 13.2 Å². The quantitative estimate of drug-likeness (QED) is 0.552. The Balaban J connectivity index is 2.11. The van der Waals surface area contributed by atoms with Crippen molar-refractivity contribution in [3.05, 3.63) is 71.8 Å². The lowest BCUT2D eigenvalue weighted by Gasteiger charge is -2.25. The second kappa shape index (κ2) is 12.7. The third-order valence-corrected chi connectivity index (χ3v) is 4.84. The Morgan fingerprint density at radius 3 is 2.12 bits per heavy atom. The van der Waals surface area contributed by atoms with E-state index in [1.54, 1.807) is 6.92 Å². The van der Waals surface area contributed by atoms with E-state index in [4.69, 9.17) is 14.7 Å². The molecule has 2 N–H and O–H groups in total. The maximum Gasteiger partial charge on any atom is 0.408 e. The molecule has 2 amide bonds. The molecule has 0 aliphatic rings. The number of esters is 1. The average molecular weight is 437 g/mol. The number of nitriles is 1. The summed E-state index contributed by atoms with van der Waals surface area (Å²) in [5.41, 5.74) is 1.62. The van der Waals surface area contributed by atoms with Crippen molar-refractivity contribution in [1.29, 1.82) is 5.26 Å². The van der Waals surface area contributed by atoms with Gasteiger partial charge in [-0.05, 0) is 11.1 Å². The summed E-state index contributed by atoms with van der Waals surface area (Å²) in [6.07, 6.45) is -0.520. The van der Waals surface area contributed by atoms with E-state index in [1.807, 2.05) is 66.7 Å². The second-order valence-corrected chi connectivity index (χ2v) is 7.30. The van der Waals surface area contributed by atoms with E-state index in [0.29, 0.717) is 0 Å². The van der Waals surface area contributed by atoms with Crippen molar-refractivity contribution in [1.82, 2.24) is 10.6 Å². The van der Waals surface area contributed by atoms with E-state index < -0.39 is 36.0 Å². The van der Waals surface area contributed by atoms with E-state index in [1.165, 1.54) is 7.11 Å². The molecule has 0 bridgehead atoms. The number of carbonyl (C=O) groups is 3. The van der Waals surface area contributed by atoms with Gasteiger partial charge in [0.2, 0.25) is 5.91 Å². The van der Waals surface area contributed by atoms with Crippen LogP contribution in [0.5, 0.6) is 0 Å². The normalized spacial score (nSPS) is 13.0. The van der Waals surface area contributed by atoms with E-state index >= 15 is 0 Å². The molecule has 0 unspecified atom stereocenters. The minimum atomic E-state index is -1.02. The fourth-order valence-corrected chi connectivity index (χ4v) is 3.04. The van der Waals surface area contributed by atoms with Crippen molar-refractivity contribution < 1.29 is 23.9 Å². The van der Waals surface area contributed by atoms with Gasteiger partial charge < -0.3 is 20.1 Å². The molecule has 2 rings (SSSR count). The Bertz CT molecular complexity index is 928. The molecule has 0 spiro atoms. The van der Waals surface area contributed by atoms with E-state index in [0.717, 1.165) is 11.1 Å². The standard InChI is InChI=1S/C24H27N3O5/c1-17(13-14-25)21(23(29)31-2)27-22(28)20(15-18-9-5-3-6-10-18)26-24(30)32-16-19-11-7-4-8-12-19/h3-12,17,20-21H,13,15-16H2,1-2H3,(H,26,30)(H,27,28)/t17-,20-,21-/m1/s1. The van der Waals surface area contributed by atoms with Crippen LogP contribution in [0.2, 0.25) is 0 Å². The summed E-state index contributed by atoms with van der Waals surface area (Å²) in [7, 11) is 1.21. The first-order chi connectivity index (χ1) is 15.4. The van der Waals surface area contributed by atoms with Gasteiger partial charge in [-0.3, -0.25) is 4.79 Å². The van der Waals surface area contributed by atoms with Crippen LogP contribution in [0, 0.1) is 17.2 Å². The largest absolute Gasteiger partial charge is 0.467 e. The Hall–Kier alpha value is -3.86. The molecule has 0 aliphatic heterocycles. The molecule has 8 heteroatoms. The smallest absolute Gasteiger partial charge is 0.408 e. The zero-order valence-corrected chi connectivity index (χ0v) is 18.1. The molecular formula is C24H27N3O5. The molecule has 168 valence electrons. The van der Waals surface area contributed by atoms with E-state index in [2.05, 4.69) is 10.6 Å². The number of nitrogens with zero attached hydrogens (tertiary/aromatic N) is 1. The highest BCUT2D eigenvalue weighted by Crippen LogP contribution is 2.11. The molecule has 32 heavy (non-hydrogen) atoms. The van der Waals surface area contributed by atoms with E-state index in [9.17, 15) is 14.4 Å². The maximum atomic E-state index is 13.0. The molecule has 3 atom stereocenters. The Labute approximate surface area is 187 Å². The Morgan fingerprint density at radius 1 is 0.969 bits per heavy atom. The fourth-order valence-electron chi connectivity index (χ4n) is 3.04. The monoisotopic (exact) mass is 437 g/mol. The van der Waals surface area contributed by atoms with Crippen molar-refractivity contribution in [2.45, 2.75) is 38.5 Å². The summed E-state index contributed by atoms with van der Waals surface area (Å²) in [5.74, 6) is -1.71. The summed E-state index contributed by atoms with van der Waals surface area (Å²) in [6.45, 7) is 1.72. The number of benzene rings is 2. The topological polar surface area (TPSA) is 118 Å². The van der Waals surface area contributed by atoms with Crippen LogP contribution >= 0.6 is 0 Å². The Kier molecular flexibility index (Phi) is 9.72. The molecule has 2 aromatic rings. The first-order valence-corrected chi connectivity index (χ1v) is 10.2. The van der Waals surface area contributed by atoms with Crippen LogP contribution in [0.15, 0.2) is 60.7 Å². The van der Waals surface area contributed by atoms with E-state index in [-0.39, 0.29) is 19.4 Å². The van der Waals surface area contributed by atoms with Crippen molar-refractivity contribution in [2.75, 3.05) is 7.11 Å². The zero-order valence-electron chi connectivity index (χ0n) is 18.1. The van der Waals surface area contributed by atoms with Crippen LogP contribution in [0.3, 0.4) is 0 Å². The van der Waals surface area contributed by atoms with Crippen LogP contribution in [0.25, 0.3) is 0 Å². The first-order valence-electron chi connectivity index (χ1n) is 10.2. The molecular weight excluding hydrogens is 410 g/mol. The fraction of sp³-hybridized carbons (Fsp3) is 0.333. The zero-order chi connectivity index (χ0) is 23.3. The number of nitrogens with one attached hydrogen (secondary N) is 2. The predicted octanol–water partition coefficient (Wildman–Crippen LogP) is 2.73. The van der Waals surface area contributed by atoms with Crippen molar-refractivity contribution >= 4 is 18.0 Å². The molecule has 0 heterocycles. The summed E-state index contributed by atoms with van der Waals surface area (Å²) in [6, 6.07) is 18.3. The Morgan fingerprint density at radius 2 is 1.56 bits per heavy atom. The third kappa shape index (κ3) is 7.76. The minimum absolute atomic E-state index is 0.0515. The van der Waals surface area contributed by atoms with Gasteiger partial charge in [-0.1, -0.05) is 67.6 Å². The van der Waals surface area contributed by atoms with Gasteiger partial charge in [0.25, 0.3) is 0 Å². The van der Waals surface area contributed by atoms with Gasteiger partial charge in [-0.25, -0.2) is 9.59 Å². The molecule has 0 aliphatic carbocycles. The number of carbonyl (C=O) groups excluding carboxylic acids is 3. The summed E-state index contributed by atoms with van der Waals surface area (Å²) >= 11 is 0. The lowest BCUT2D eigenvalue weighted by atomic mass is 9.98. The van der Waals surface area contributed by atoms with Gasteiger partial charge in [-0.15, -0.1) is 0 Å². The number of hydrogen-bond acceptors (Lipinski definition) is 6. The minimum Gasteiger partial charge on any atom is -0.467 e. The van der Waals surface area contributed by atoms with Crippen LogP contribution in [-0.2, 0) is 32.1 Å². The van der Waals surface area contributed by atoms with Gasteiger partial charge in [0.1, 0.15) is 18.7 Å². The lowest BCUT2D eigenvalue weighted by Crippen LogP contribution is -2.54. The van der Waals surface area contributed by atoms with Crippen molar-refractivity contribution in [2.24, 2.45) is 5.92 Å². The summed E-state index contributed by atoms with van der Waals surface area (Å²) in [4.78, 5) is 37.6. The SMILES string of the molecule is COC(=O)[C@H](NC(=O)[C@@H](Cc1ccccc1)NC(=O)OCc1ccccc1)[C@H](C)CC#N. The summed E-state index contributed by atoms with van der Waals surface area (Å²) < 4.78 is 10.0. The number of ether oxygens (including phenoxy) is 2. The number of rotatable bonds is 10. The first kappa shape index (κ1) is 24.4. The molecule has 0 saturated heterocycles. The maximum absolute atomic E-state index is 13.0. The molecule has 0 radical (unpaired) electrons. The molecule has 2 aromatic carbocycles. The summed E-state index contributed by atoms with van der Waals surface area (Å²) in [5, 5.41) is 14.2. The van der Waals surface area contributed by atoms with Crippen molar-refractivity contribution in [3.63, 3.8) is 0 Å². The van der Waals surface area contributed by atoms with Gasteiger partial charge in [-0.2, -0.15) is 5.26 Å². The van der Waals surface area contributed by atoms with Gasteiger partial charge >= 0.3 is 12.1 Å². The van der Waals surface area contributed by atoms with Crippen LogP contribution < -0.4 is 10.6 Å². The number of alkyl carbamates (subject to hydrolysis) is 1. The highest BCUT2D eigenvalue weighted by atomic mass is 16.5. The van der Waals surface area contributed by atoms with Crippen LogP contribution in [-0.4, -0.2) is 37.2 Å². The molecule has 0 aromatic heterocycles. The van der Waals surface area contributed by atoms with Crippen molar-refractivity contribution in [3.8, 4) is 6.07 Å². The second-order valence-electron chi connectivity index (χ2n) is 7.30. The van der Waals surface area contributed by atoms with Crippen LogP contribution in [0.1, 0.15) is 24.5 Å². The lowest BCUT2D eigenvalue weighted by molar-refractivity contribution is -0.146. The molecule has 0 fully saturated rings. The van der Waals surface area contributed by atoms with Gasteiger partial charge in [0, 0.05) is 18.8 Å². The molecule has 0 saturated carbocycles. The highest BCUT2D eigenvalue weighted by Gasteiger charge is 2.31. The van der Waals surface area contributed by atoms with Gasteiger partial charge in [0.15, 0.2) is 0 Å². The molecule has 8 nitrogen and oxygen atoms in total. The highest BCUT2D eigenvalue weighted by molar-refractivity contribution is 5.90. The number of hydrogen-bond donors (Lipinski definition) is 2. The predicted molar refractivity (Wildman–Crippen MR) is 117 cm³/mol. The van der Waals surface area contributed by atoms with Crippen LogP contribution in [0.4, 0.5) is 4.79 Å². The number of amides is 2. The average Bonchev–Trinajstić information content (AvgIpc) is 2.81. The number of methoxy groups -OCH3 is 1.